The van der Waals surface area contributed by atoms with E-state index in [0.717, 1.165) is 49.4 Å². The van der Waals surface area contributed by atoms with Crippen LogP contribution in [-0.4, -0.2) is 63.8 Å². The van der Waals surface area contributed by atoms with Gasteiger partial charge in [-0.2, -0.15) is 0 Å². The summed E-state index contributed by atoms with van der Waals surface area (Å²) in [6, 6.07) is 9.29. The highest BCUT2D eigenvalue weighted by molar-refractivity contribution is 6.30. The number of pyridine rings is 1. The van der Waals surface area contributed by atoms with E-state index in [1.54, 1.807) is 11.1 Å². The Balaban J connectivity index is 1.11. The van der Waals surface area contributed by atoms with Crippen LogP contribution >= 0.6 is 11.6 Å². The van der Waals surface area contributed by atoms with Crippen LogP contribution in [0.4, 0.5) is 0 Å². The minimum atomic E-state index is -0.607. The van der Waals surface area contributed by atoms with Gasteiger partial charge in [-0.15, -0.1) is 0 Å². The molecule has 36 heavy (non-hydrogen) atoms. The summed E-state index contributed by atoms with van der Waals surface area (Å²) in [5.74, 6) is 0.352. The van der Waals surface area contributed by atoms with E-state index in [9.17, 15) is 14.4 Å². The number of aromatic nitrogens is 1. The van der Waals surface area contributed by atoms with Gasteiger partial charge in [-0.05, 0) is 61.6 Å². The fourth-order valence-electron chi connectivity index (χ4n) is 6.03. The fourth-order valence-corrected chi connectivity index (χ4v) is 6.14. The van der Waals surface area contributed by atoms with Crippen LogP contribution in [0.15, 0.2) is 36.5 Å². The van der Waals surface area contributed by atoms with Crippen molar-refractivity contribution in [3.63, 3.8) is 0 Å². The van der Waals surface area contributed by atoms with Crippen LogP contribution in [0.5, 0.6) is 5.75 Å². The zero-order chi connectivity index (χ0) is 24.8. The van der Waals surface area contributed by atoms with Crippen LogP contribution < -0.4 is 10.1 Å². The second-order valence-corrected chi connectivity index (χ2v) is 10.7. The van der Waals surface area contributed by atoms with Crippen LogP contribution in [0, 0.1) is 0 Å². The molecule has 2 aromatic rings. The molecule has 6 rings (SSSR count). The Hall–Kier alpha value is -2.97. The van der Waals surface area contributed by atoms with Crippen LogP contribution in [0.25, 0.3) is 0 Å². The molecule has 1 aromatic heterocycles. The van der Waals surface area contributed by atoms with E-state index >= 15 is 0 Å². The molecule has 9 heteroatoms. The summed E-state index contributed by atoms with van der Waals surface area (Å²) >= 11 is 5.99. The number of nitrogens with zero attached hydrogens (tertiary/aromatic N) is 3. The molecule has 2 saturated heterocycles. The number of carbonyl (C=O) groups excluding carboxylic acids is 3. The summed E-state index contributed by atoms with van der Waals surface area (Å²) < 4.78 is 6.53. The predicted octanol–water partition coefficient (Wildman–Crippen LogP) is 3.29. The fraction of sp³-hybridized carbons (Fsp3) is 0.481. The van der Waals surface area contributed by atoms with Crippen LogP contribution in [-0.2, 0) is 16.1 Å². The van der Waals surface area contributed by atoms with Crippen molar-refractivity contribution in [2.75, 3.05) is 13.1 Å². The monoisotopic (exact) mass is 508 g/mol. The zero-order valence-electron chi connectivity index (χ0n) is 20.0. The SMILES string of the molecule is O=C1CC[C@H](N2Cc3cc(O[C@H]4CCCC[C@H]4N4CC(c5ccc(Cl)cn5)C4)ccc3C2=O)C(=O)N1. The standard InChI is InChI=1S/C27H29ClN4O4/c28-18-5-8-21(29-12-18)17-13-31(14-17)22-3-1-2-4-24(22)36-19-6-7-20-16(11-19)15-32(27(20)35)23-9-10-25(33)30-26(23)34/h5-8,11-12,17,22-24H,1-4,9-10,13-15H2,(H,30,33,34)/t22-,23+,24+/m1/s1. The number of imide groups is 1. The van der Waals surface area contributed by atoms with Crippen molar-refractivity contribution in [1.29, 1.82) is 0 Å². The average molecular weight is 509 g/mol. The third-order valence-corrected chi connectivity index (χ3v) is 8.22. The molecular formula is C27H29ClN4O4. The van der Waals surface area contributed by atoms with Gasteiger partial charge in [0.25, 0.3) is 5.91 Å². The van der Waals surface area contributed by atoms with Crippen LogP contribution in [0.3, 0.4) is 0 Å². The Morgan fingerprint density at radius 1 is 1.03 bits per heavy atom. The number of nitrogens with one attached hydrogen (secondary N) is 1. The molecule has 4 heterocycles. The molecule has 0 radical (unpaired) electrons. The molecule has 1 aromatic carbocycles. The van der Waals surface area contributed by atoms with Gasteiger partial charge in [0.1, 0.15) is 17.9 Å². The molecule has 1 aliphatic carbocycles. The van der Waals surface area contributed by atoms with Gasteiger partial charge in [0.15, 0.2) is 0 Å². The number of likely N-dealkylation sites (tertiary alicyclic amines) is 1. The maximum absolute atomic E-state index is 13.0. The van der Waals surface area contributed by atoms with E-state index in [4.69, 9.17) is 16.3 Å². The molecule has 3 atom stereocenters. The number of rotatable bonds is 5. The molecule has 3 aliphatic heterocycles. The van der Waals surface area contributed by atoms with Crippen molar-refractivity contribution in [3.8, 4) is 5.75 Å². The lowest BCUT2D eigenvalue weighted by atomic mass is 9.85. The molecule has 3 amide bonds. The predicted molar refractivity (Wildman–Crippen MR) is 133 cm³/mol. The van der Waals surface area contributed by atoms with Crippen molar-refractivity contribution in [3.05, 3.63) is 58.4 Å². The number of ether oxygens (including phenoxy) is 1. The Kier molecular flexibility index (Phi) is 6.17. The molecule has 1 N–H and O–H groups in total. The highest BCUT2D eigenvalue weighted by Crippen LogP contribution is 2.36. The molecule has 1 saturated carbocycles. The summed E-state index contributed by atoms with van der Waals surface area (Å²) in [4.78, 5) is 45.4. The number of halogens is 1. The topological polar surface area (TPSA) is 91.8 Å². The highest BCUT2D eigenvalue weighted by Gasteiger charge is 2.41. The summed E-state index contributed by atoms with van der Waals surface area (Å²) in [6.45, 7) is 2.30. The van der Waals surface area contributed by atoms with Crippen LogP contribution in [0.2, 0.25) is 5.02 Å². The molecule has 0 spiro atoms. The first kappa shape index (κ1) is 23.4. The number of hydrogen-bond donors (Lipinski definition) is 1. The van der Waals surface area contributed by atoms with Crippen LogP contribution in [0.1, 0.15) is 66.1 Å². The summed E-state index contributed by atoms with van der Waals surface area (Å²) in [6.07, 6.45) is 6.88. The van der Waals surface area contributed by atoms with Crippen molar-refractivity contribution >= 4 is 29.3 Å². The third kappa shape index (κ3) is 4.37. The molecule has 188 valence electrons. The van der Waals surface area contributed by atoms with Gasteiger partial charge in [0, 0.05) is 55.5 Å². The number of carbonyl (C=O) groups is 3. The largest absolute Gasteiger partial charge is 0.489 e. The van der Waals surface area contributed by atoms with E-state index in [1.165, 1.54) is 6.42 Å². The second kappa shape index (κ2) is 9.48. The van der Waals surface area contributed by atoms with E-state index in [1.807, 2.05) is 30.3 Å². The van der Waals surface area contributed by atoms with E-state index < -0.39 is 11.9 Å². The van der Waals surface area contributed by atoms with Gasteiger partial charge in [0.2, 0.25) is 11.8 Å². The van der Waals surface area contributed by atoms with Gasteiger partial charge in [-0.25, -0.2) is 0 Å². The minimum absolute atomic E-state index is 0.0965. The summed E-state index contributed by atoms with van der Waals surface area (Å²) in [5, 5.41) is 3.01. The van der Waals surface area contributed by atoms with Crippen molar-refractivity contribution < 1.29 is 19.1 Å². The number of hydrogen-bond acceptors (Lipinski definition) is 6. The van der Waals surface area contributed by atoms with Gasteiger partial charge >= 0.3 is 0 Å². The Bertz CT molecular complexity index is 1200. The smallest absolute Gasteiger partial charge is 0.255 e. The Morgan fingerprint density at radius 2 is 1.86 bits per heavy atom. The number of piperidine rings is 1. The first-order chi connectivity index (χ1) is 17.5. The highest BCUT2D eigenvalue weighted by atomic mass is 35.5. The normalized spacial score (nSPS) is 27.0. The van der Waals surface area contributed by atoms with Crippen molar-refractivity contribution in [1.82, 2.24) is 20.1 Å². The van der Waals surface area contributed by atoms with Crippen molar-refractivity contribution in [2.24, 2.45) is 0 Å². The first-order valence-electron chi connectivity index (χ1n) is 12.8. The first-order valence-corrected chi connectivity index (χ1v) is 13.1. The molecular weight excluding hydrogens is 480 g/mol. The Morgan fingerprint density at radius 3 is 2.64 bits per heavy atom. The minimum Gasteiger partial charge on any atom is -0.489 e. The van der Waals surface area contributed by atoms with Gasteiger partial charge in [0.05, 0.1) is 5.02 Å². The number of fused-ring (bicyclic) bond motifs is 1. The van der Waals surface area contributed by atoms with E-state index in [-0.39, 0.29) is 24.3 Å². The maximum atomic E-state index is 13.0. The third-order valence-electron chi connectivity index (χ3n) is 8.00. The molecule has 0 unspecified atom stereocenters. The van der Waals surface area contributed by atoms with Gasteiger partial charge in [-0.1, -0.05) is 18.0 Å². The number of amides is 3. The average Bonchev–Trinajstić information content (AvgIpc) is 3.16. The van der Waals surface area contributed by atoms with Crippen molar-refractivity contribution in [2.45, 2.75) is 69.2 Å². The lowest BCUT2D eigenvalue weighted by Crippen LogP contribution is -2.57. The van der Waals surface area contributed by atoms with Gasteiger partial charge in [-0.3, -0.25) is 29.6 Å². The number of benzene rings is 1. The van der Waals surface area contributed by atoms with Gasteiger partial charge < -0.3 is 9.64 Å². The molecule has 0 bridgehead atoms. The molecule has 3 fully saturated rings. The quantitative estimate of drug-likeness (QED) is 0.623. The zero-order valence-corrected chi connectivity index (χ0v) is 20.7. The second-order valence-electron chi connectivity index (χ2n) is 10.3. The Labute approximate surface area is 214 Å². The lowest BCUT2D eigenvalue weighted by molar-refractivity contribution is -0.136. The summed E-state index contributed by atoms with van der Waals surface area (Å²) in [7, 11) is 0. The molecule has 4 aliphatic rings. The van der Waals surface area contributed by atoms with E-state index in [0.29, 0.717) is 35.5 Å². The lowest BCUT2D eigenvalue weighted by Gasteiger charge is -2.48. The maximum Gasteiger partial charge on any atom is 0.255 e. The molecule has 8 nitrogen and oxygen atoms in total. The van der Waals surface area contributed by atoms with E-state index in [2.05, 4.69) is 15.2 Å². The summed E-state index contributed by atoms with van der Waals surface area (Å²) in [5.41, 5.74) is 2.56.